The van der Waals surface area contributed by atoms with Crippen molar-refractivity contribution in [1.82, 2.24) is 4.98 Å². The van der Waals surface area contributed by atoms with Crippen LogP contribution in [0.25, 0.3) is 11.3 Å². The summed E-state index contributed by atoms with van der Waals surface area (Å²) in [4.78, 5) is 4.57. The lowest BCUT2D eigenvalue weighted by Gasteiger charge is -2.12. The zero-order valence-electron chi connectivity index (χ0n) is 13.4. The molecular formula is C17H23NO3. The second kappa shape index (κ2) is 6.20. The average molecular weight is 289 g/mol. The molecule has 0 fully saturated rings. The molecule has 0 unspecified atom stereocenters. The third kappa shape index (κ3) is 3.57. The Kier molecular flexibility index (Phi) is 4.56. The van der Waals surface area contributed by atoms with Crippen LogP contribution in [0.15, 0.2) is 28.9 Å². The van der Waals surface area contributed by atoms with Gasteiger partial charge < -0.3 is 13.9 Å². The standard InChI is InChI=1S/C17H23NO3/c1-6-19-14-9-8-12(10-15(14)20-7-2)13-11-21-16(18-13)17(3,4)5/h8-11H,6-7H2,1-5H3. The first-order valence-electron chi connectivity index (χ1n) is 7.31. The molecule has 0 N–H and O–H groups in total. The number of rotatable bonds is 5. The molecule has 0 saturated heterocycles. The predicted molar refractivity (Wildman–Crippen MR) is 83.0 cm³/mol. The normalized spacial score (nSPS) is 11.5. The minimum Gasteiger partial charge on any atom is -0.490 e. The molecule has 2 rings (SSSR count). The van der Waals surface area contributed by atoms with E-state index in [0.717, 1.165) is 28.6 Å². The van der Waals surface area contributed by atoms with Gasteiger partial charge in [-0.1, -0.05) is 20.8 Å². The first kappa shape index (κ1) is 15.4. The van der Waals surface area contributed by atoms with Crippen LogP contribution in [0.3, 0.4) is 0 Å². The van der Waals surface area contributed by atoms with Crippen molar-refractivity contribution in [3.05, 3.63) is 30.4 Å². The van der Waals surface area contributed by atoms with Gasteiger partial charge in [0.2, 0.25) is 0 Å². The molecule has 1 heterocycles. The van der Waals surface area contributed by atoms with Crippen molar-refractivity contribution in [2.24, 2.45) is 0 Å². The summed E-state index contributed by atoms with van der Waals surface area (Å²) < 4.78 is 16.8. The van der Waals surface area contributed by atoms with E-state index in [4.69, 9.17) is 13.9 Å². The Balaban J connectivity index is 2.35. The van der Waals surface area contributed by atoms with Crippen LogP contribution in [0.1, 0.15) is 40.5 Å². The summed E-state index contributed by atoms with van der Waals surface area (Å²) in [5.41, 5.74) is 1.66. The smallest absolute Gasteiger partial charge is 0.199 e. The van der Waals surface area contributed by atoms with Gasteiger partial charge >= 0.3 is 0 Å². The molecule has 0 saturated carbocycles. The number of benzene rings is 1. The van der Waals surface area contributed by atoms with Crippen molar-refractivity contribution in [3.63, 3.8) is 0 Å². The SMILES string of the molecule is CCOc1ccc(-c2coc(C(C)(C)C)n2)cc1OCC. The van der Waals surface area contributed by atoms with Gasteiger partial charge in [-0.05, 0) is 32.0 Å². The van der Waals surface area contributed by atoms with E-state index in [1.165, 1.54) is 0 Å². The number of ether oxygens (including phenoxy) is 2. The summed E-state index contributed by atoms with van der Waals surface area (Å²) in [6, 6.07) is 5.83. The second-order valence-corrected chi connectivity index (χ2v) is 5.82. The fourth-order valence-electron chi connectivity index (χ4n) is 1.96. The molecule has 0 aliphatic carbocycles. The van der Waals surface area contributed by atoms with E-state index < -0.39 is 0 Å². The summed E-state index contributed by atoms with van der Waals surface area (Å²) in [6.07, 6.45) is 1.69. The lowest BCUT2D eigenvalue weighted by Crippen LogP contribution is -2.11. The molecular weight excluding hydrogens is 266 g/mol. The molecule has 21 heavy (non-hydrogen) atoms. The summed E-state index contributed by atoms with van der Waals surface area (Å²) in [6.45, 7) is 11.3. The van der Waals surface area contributed by atoms with Crippen molar-refractivity contribution in [3.8, 4) is 22.8 Å². The fraction of sp³-hybridized carbons (Fsp3) is 0.471. The molecule has 0 amide bonds. The Bertz CT molecular complexity index is 596. The van der Waals surface area contributed by atoms with Gasteiger partial charge in [0, 0.05) is 11.0 Å². The molecule has 4 nitrogen and oxygen atoms in total. The highest BCUT2D eigenvalue weighted by Gasteiger charge is 2.21. The van der Waals surface area contributed by atoms with Crippen LogP contribution in [0.4, 0.5) is 0 Å². The number of aromatic nitrogens is 1. The molecule has 2 aromatic rings. The average Bonchev–Trinajstić information content (AvgIpc) is 2.91. The van der Waals surface area contributed by atoms with Gasteiger partial charge in [-0.2, -0.15) is 0 Å². The Hall–Kier alpha value is -1.97. The maximum absolute atomic E-state index is 5.64. The molecule has 0 bridgehead atoms. The Morgan fingerprint density at radius 1 is 1.05 bits per heavy atom. The molecule has 1 aromatic carbocycles. The maximum Gasteiger partial charge on any atom is 0.199 e. The van der Waals surface area contributed by atoms with Crippen molar-refractivity contribution in [2.45, 2.75) is 40.0 Å². The molecule has 4 heteroatoms. The van der Waals surface area contributed by atoms with Crippen LogP contribution >= 0.6 is 0 Å². The van der Waals surface area contributed by atoms with E-state index in [9.17, 15) is 0 Å². The van der Waals surface area contributed by atoms with Gasteiger partial charge in [0.15, 0.2) is 17.4 Å². The quantitative estimate of drug-likeness (QED) is 0.816. The number of hydrogen-bond acceptors (Lipinski definition) is 4. The zero-order chi connectivity index (χ0) is 15.5. The van der Waals surface area contributed by atoms with E-state index in [2.05, 4.69) is 25.8 Å². The molecule has 0 spiro atoms. The van der Waals surface area contributed by atoms with Gasteiger partial charge in [0.25, 0.3) is 0 Å². The maximum atomic E-state index is 5.64. The van der Waals surface area contributed by atoms with E-state index >= 15 is 0 Å². The van der Waals surface area contributed by atoms with E-state index in [1.807, 2.05) is 32.0 Å². The topological polar surface area (TPSA) is 44.5 Å². The highest BCUT2D eigenvalue weighted by molar-refractivity contribution is 5.63. The summed E-state index contributed by atoms with van der Waals surface area (Å²) in [5.74, 6) is 2.21. The lowest BCUT2D eigenvalue weighted by atomic mass is 9.97. The lowest BCUT2D eigenvalue weighted by molar-refractivity contribution is 0.288. The predicted octanol–water partition coefficient (Wildman–Crippen LogP) is 4.44. The molecule has 0 aliphatic rings. The van der Waals surface area contributed by atoms with Crippen molar-refractivity contribution < 1.29 is 13.9 Å². The van der Waals surface area contributed by atoms with E-state index in [-0.39, 0.29) is 5.41 Å². The van der Waals surface area contributed by atoms with Crippen LogP contribution in [0.2, 0.25) is 0 Å². The highest BCUT2D eigenvalue weighted by Crippen LogP contribution is 2.33. The van der Waals surface area contributed by atoms with Crippen molar-refractivity contribution in [1.29, 1.82) is 0 Å². The summed E-state index contributed by atoms with van der Waals surface area (Å²) >= 11 is 0. The number of nitrogens with zero attached hydrogens (tertiary/aromatic N) is 1. The van der Waals surface area contributed by atoms with E-state index in [0.29, 0.717) is 13.2 Å². The minimum absolute atomic E-state index is 0.105. The van der Waals surface area contributed by atoms with Gasteiger partial charge in [-0.3, -0.25) is 0 Å². The largest absolute Gasteiger partial charge is 0.490 e. The van der Waals surface area contributed by atoms with Crippen LogP contribution in [-0.2, 0) is 5.41 Å². The van der Waals surface area contributed by atoms with Crippen LogP contribution in [-0.4, -0.2) is 18.2 Å². The van der Waals surface area contributed by atoms with Gasteiger partial charge in [-0.15, -0.1) is 0 Å². The molecule has 1 aromatic heterocycles. The Morgan fingerprint density at radius 3 is 2.29 bits per heavy atom. The third-order valence-electron chi connectivity index (χ3n) is 2.98. The van der Waals surface area contributed by atoms with E-state index in [1.54, 1.807) is 6.26 Å². The Labute approximate surface area is 126 Å². The zero-order valence-corrected chi connectivity index (χ0v) is 13.4. The molecule has 0 atom stereocenters. The first-order chi connectivity index (χ1) is 9.95. The molecule has 0 aliphatic heterocycles. The van der Waals surface area contributed by atoms with Gasteiger partial charge in [0.05, 0.1) is 13.2 Å². The molecule has 0 radical (unpaired) electrons. The van der Waals surface area contributed by atoms with Crippen LogP contribution in [0.5, 0.6) is 11.5 Å². The summed E-state index contributed by atoms with van der Waals surface area (Å²) in [5, 5.41) is 0. The number of hydrogen-bond donors (Lipinski definition) is 0. The third-order valence-corrected chi connectivity index (χ3v) is 2.98. The first-order valence-corrected chi connectivity index (χ1v) is 7.31. The fourth-order valence-corrected chi connectivity index (χ4v) is 1.96. The second-order valence-electron chi connectivity index (χ2n) is 5.82. The van der Waals surface area contributed by atoms with Gasteiger partial charge in [0.1, 0.15) is 12.0 Å². The van der Waals surface area contributed by atoms with Crippen LogP contribution in [0, 0.1) is 0 Å². The Morgan fingerprint density at radius 2 is 1.71 bits per heavy atom. The van der Waals surface area contributed by atoms with Crippen molar-refractivity contribution in [2.75, 3.05) is 13.2 Å². The van der Waals surface area contributed by atoms with Crippen molar-refractivity contribution >= 4 is 0 Å². The minimum atomic E-state index is -0.105. The van der Waals surface area contributed by atoms with Gasteiger partial charge in [-0.25, -0.2) is 4.98 Å². The monoisotopic (exact) mass is 289 g/mol. The summed E-state index contributed by atoms with van der Waals surface area (Å²) in [7, 11) is 0. The molecule has 114 valence electrons. The number of oxazole rings is 1. The van der Waals surface area contributed by atoms with Crippen LogP contribution < -0.4 is 9.47 Å². The highest BCUT2D eigenvalue weighted by atomic mass is 16.5.